The average molecular weight is 424 g/mol. The molecule has 0 bridgehead atoms. The Kier molecular flexibility index (Phi) is 5.35. The second-order valence-electron chi connectivity index (χ2n) is 9.51. The fourth-order valence-electron chi connectivity index (χ4n) is 5.43. The van der Waals surface area contributed by atoms with E-state index < -0.39 is 0 Å². The Morgan fingerprint density at radius 2 is 1.81 bits per heavy atom. The second kappa shape index (κ2) is 8.16. The lowest BCUT2D eigenvalue weighted by molar-refractivity contribution is -1.02. The zero-order chi connectivity index (χ0) is 21.5. The van der Waals surface area contributed by atoms with Crippen LogP contribution in [0.2, 0.25) is 0 Å². The number of pyridine rings is 1. The third-order valence-corrected chi connectivity index (χ3v) is 7.38. The van der Waals surface area contributed by atoms with Crippen LogP contribution >= 0.6 is 0 Å². The molecule has 8 heteroatoms. The van der Waals surface area contributed by atoms with E-state index in [1.54, 1.807) is 0 Å². The molecule has 1 atom stereocenters. The minimum atomic E-state index is -0.156. The molecule has 1 aliphatic heterocycles. The molecule has 2 aromatic heterocycles. The normalized spacial score (nSPS) is 23.5. The predicted molar refractivity (Wildman–Crippen MR) is 119 cm³/mol. The molecule has 3 aromatic rings. The molecule has 8 nitrogen and oxygen atoms in total. The zero-order valence-electron chi connectivity index (χ0n) is 18.7. The highest BCUT2D eigenvalue weighted by molar-refractivity contribution is 5.85. The summed E-state index contributed by atoms with van der Waals surface area (Å²) >= 11 is 0. The molecular weight excluding hydrogens is 390 g/mol. The van der Waals surface area contributed by atoms with Crippen molar-refractivity contribution in [1.82, 2.24) is 25.2 Å². The molecule has 1 aliphatic carbocycles. The Bertz CT molecular complexity index is 1140. The number of hydrogen-bond acceptors (Lipinski definition) is 4. The van der Waals surface area contributed by atoms with Gasteiger partial charge in [-0.05, 0) is 54.3 Å². The van der Waals surface area contributed by atoms with Gasteiger partial charge < -0.3 is 14.8 Å². The van der Waals surface area contributed by atoms with E-state index in [1.165, 1.54) is 28.2 Å². The number of nitrogens with zero attached hydrogens (tertiary/aromatic N) is 4. The maximum absolute atomic E-state index is 13.4. The van der Waals surface area contributed by atoms with Crippen LogP contribution in [0.15, 0.2) is 23.0 Å². The van der Waals surface area contributed by atoms with Crippen LogP contribution in [0, 0.1) is 13.8 Å². The standard InChI is InChI=1S/C23H31N7O/c1-15-8-9-16(2)20-18(15)14-19(23(31)24-20)21(29-12-10-28(3)11-13-29)22-25-26-27-30(22)17-6-4-5-7-17/h8-9,14,17,21H,4-7,10-13H2,1-3H3,(H,24,31)/p+2/t21-/m0/s1. The second-order valence-corrected chi connectivity index (χ2v) is 9.51. The monoisotopic (exact) mass is 423 g/mol. The van der Waals surface area contributed by atoms with Crippen LogP contribution in [-0.2, 0) is 0 Å². The summed E-state index contributed by atoms with van der Waals surface area (Å²) in [4.78, 5) is 19.5. The Labute approximate surface area is 182 Å². The Balaban J connectivity index is 1.67. The van der Waals surface area contributed by atoms with E-state index in [9.17, 15) is 4.79 Å². The Morgan fingerprint density at radius 3 is 2.55 bits per heavy atom. The van der Waals surface area contributed by atoms with Gasteiger partial charge in [-0.3, -0.25) is 4.79 Å². The fourth-order valence-corrected chi connectivity index (χ4v) is 5.43. The number of aromatic amines is 1. The van der Waals surface area contributed by atoms with Crippen molar-refractivity contribution in [3.8, 4) is 0 Å². The van der Waals surface area contributed by atoms with Gasteiger partial charge in [0.15, 0.2) is 6.04 Å². The quantitative estimate of drug-likeness (QED) is 0.540. The van der Waals surface area contributed by atoms with Crippen molar-refractivity contribution >= 4 is 10.9 Å². The van der Waals surface area contributed by atoms with E-state index in [-0.39, 0.29) is 11.6 Å². The number of hydrogen-bond donors (Lipinski definition) is 3. The molecule has 2 fully saturated rings. The van der Waals surface area contributed by atoms with Crippen molar-refractivity contribution in [2.75, 3.05) is 33.2 Å². The first-order valence-corrected chi connectivity index (χ1v) is 11.6. The lowest BCUT2D eigenvalue weighted by Gasteiger charge is -2.33. The third-order valence-electron chi connectivity index (χ3n) is 7.38. The van der Waals surface area contributed by atoms with Crippen molar-refractivity contribution < 1.29 is 9.80 Å². The Morgan fingerprint density at radius 1 is 1.10 bits per heavy atom. The summed E-state index contributed by atoms with van der Waals surface area (Å²) in [5, 5.41) is 14.1. The number of rotatable bonds is 4. The van der Waals surface area contributed by atoms with Crippen LogP contribution in [0.4, 0.5) is 0 Å². The maximum atomic E-state index is 13.4. The first-order chi connectivity index (χ1) is 15.0. The molecule has 0 spiro atoms. The third kappa shape index (κ3) is 3.68. The summed E-state index contributed by atoms with van der Waals surface area (Å²) in [6.45, 7) is 8.31. The van der Waals surface area contributed by atoms with Crippen molar-refractivity contribution in [2.24, 2.45) is 0 Å². The van der Waals surface area contributed by atoms with Gasteiger partial charge in [-0.15, -0.1) is 5.10 Å². The van der Waals surface area contributed by atoms with Gasteiger partial charge in [0.1, 0.15) is 26.2 Å². The number of quaternary nitrogens is 2. The lowest BCUT2D eigenvalue weighted by Crippen LogP contribution is -3.27. The largest absolute Gasteiger partial charge is 0.328 e. The van der Waals surface area contributed by atoms with Crippen LogP contribution in [0.1, 0.15) is 60.3 Å². The van der Waals surface area contributed by atoms with Gasteiger partial charge in [0.25, 0.3) is 5.56 Å². The SMILES string of the molecule is Cc1ccc(C)c2[nH]c(=O)c([C@@H](c3nnnn3C3CCCC3)[NH+]3CC[NH+](C)CC3)cc12. The highest BCUT2D eigenvalue weighted by Crippen LogP contribution is 2.31. The predicted octanol–water partition coefficient (Wildman–Crippen LogP) is -0.251. The molecule has 5 rings (SSSR count). The van der Waals surface area contributed by atoms with Gasteiger partial charge in [-0.1, -0.05) is 25.0 Å². The summed E-state index contributed by atoms with van der Waals surface area (Å²) in [6.07, 6.45) is 4.65. The van der Waals surface area contributed by atoms with Crippen molar-refractivity contribution in [3.05, 3.63) is 51.1 Å². The molecule has 0 amide bonds. The Hall–Kier alpha value is -2.58. The molecule has 2 aliphatic rings. The first kappa shape index (κ1) is 20.3. The number of piperazine rings is 1. The highest BCUT2D eigenvalue weighted by atomic mass is 16.1. The first-order valence-electron chi connectivity index (χ1n) is 11.6. The minimum absolute atomic E-state index is 0.0223. The van der Waals surface area contributed by atoms with E-state index in [1.807, 2.05) is 11.6 Å². The van der Waals surface area contributed by atoms with Crippen LogP contribution in [-0.4, -0.2) is 58.4 Å². The number of aromatic nitrogens is 5. The van der Waals surface area contributed by atoms with Crippen LogP contribution < -0.4 is 15.4 Å². The summed E-state index contributed by atoms with van der Waals surface area (Å²) in [5.41, 5.74) is 3.95. The topological polar surface area (TPSA) is 85.3 Å². The van der Waals surface area contributed by atoms with Gasteiger partial charge in [0.05, 0.1) is 24.2 Å². The maximum Gasteiger partial charge on any atom is 0.258 e. The van der Waals surface area contributed by atoms with Crippen LogP contribution in [0.25, 0.3) is 10.9 Å². The molecule has 0 radical (unpaired) electrons. The number of nitrogens with one attached hydrogen (secondary N) is 3. The molecule has 164 valence electrons. The molecule has 31 heavy (non-hydrogen) atoms. The molecule has 3 heterocycles. The minimum Gasteiger partial charge on any atom is -0.328 e. The van der Waals surface area contributed by atoms with Gasteiger partial charge in [0, 0.05) is 5.39 Å². The number of H-pyrrole nitrogens is 1. The van der Waals surface area contributed by atoms with Crippen molar-refractivity contribution in [2.45, 2.75) is 51.6 Å². The molecule has 1 saturated heterocycles. The molecule has 0 unspecified atom stereocenters. The van der Waals surface area contributed by atoms with E-state index >= 15 is 0 Å². The zero-order valence-corrected chi connectivity index (χ0v) is 18.7. The van der Waals surface area contributed by atoms with Gasteiger partial charge >= 0.3 is 0 Å². The molecule has 1 saturated carbocycles. The van der Waals surface area contributed by atoms with Crippen LogP contribution in [0.5, 0.6) is 0 Å². The molecular formula is C23H33N7O+2. The number of tetrazole rings is 1. The number of likely N-dealkylation sites (N-methyl/N-ethyl adjacent to an activating group) is 1. The van der Waals surface area contributed by atoms with Gasteiger partial charge in [-0.25, -0.2) is 4.68 Å². The van der Waals surface area contributed by atoms with E-state index in [0.717, 1.165) is 66.9 Å². The summed E-state index contributed by atoms with van der Waals surface area (Å²) in [6, 6.07) is 6.49. The number of aryl methyl sites for hydroxylation is 2. The van der Waals surface area contributed by atoms with E-state index in [4.69, 9.17) is 0 Å². The lowest BCUT2D eigenvalue weighted by atomic mass is 9.99. The smallest absolute Gasteiger partial charge is 0.258 e. The van der Waals surface area contributed by atoms with E-state index in [2.05, 4.69) is 52.7 Å². The average Bonchev–Trinajstić information content (AvgIpc) is 3.45. The highest BCUT2D eigenvalue weighted by Gasteiger charge is 2.38. The summed E-state index contributed by atoms with van der Waals surface area (Å²) in [7, 11) is 2.24. The van der Waals surface area contributed by atoms with Crippen molar-refractivity contribution in [3.63, 3.8) is 0 Å². The van der Waals surface area contributed by atoms with Gasteiger partial charge in [-0.2, -0.15) is 0 Å². The molecule has 3 N–H and O–H groups in total. The number of benzene rings is 1. The van der Waals surface area contributed by atoms with Crippen LogP contribution in [0.3, 0.4) is 0 Å². The fraction of sp³-hybridized carbons (Fsp3) is 0.565. The summed E-state index contributed by atoms with van der Waals surface area (Å²) < 4.78 is 2.03. The van der Waals surface area contributed by atoms with Gasteiger partial charge in [0.2, 0.25) is 5.82 Å². The molecule has 1 aromatic carbocycles. The van der Waals surface area contributed by atoms with E-state index in [0.29, 0.717) is 6.04 Å². The number of fused-ring (bicyclic) bond motifs is 1. The summed E-state index contributed by atoms with van der Waals surface area (Å²) in [5.74, 6) is 0.844. The van der Waals surface area contributed by atoms with Crippen molar-refractivity contribution in [1.29, 1.82) is 0 Å².